The van der Waals surface area contributed by atoms with E-state index in [1.54, 1.807) is 0 Å². The summed E-state index contributed by atoms with van der Waals surface area (Å²) < 4.78 is 77.2. The van der Waals surface area contributed by atoms with E-state index >= 15 is 0 Å². The number of rotatable bonds is 10. The van der Waals surface area contributed by atoms with Gasteiger partial charge in [-0.05, 0) is 31.4 Å². The number of nitrogen functional groups attached to an aromatic ring is 1. The molecule has 0 amide bonds. The number of hydrogen-bond acceptors (Lipinski definition) is 9. The maximum Gasteiger partial charge on any atom is 0.407 e. The van der Waals surface area contributed by atoms with Gasteiger partial charge in [-0.15, -0.1) is 0 Å². The van der Waals surface area contributed by atoms with Crippen molar-refractivity contribution in [2.75, 3.05) is 11.1 Å². The lowest BCUT2D eigenvalue weighted by Crippen LogP contribution is -2.38. The third-order valence-corrected chi connectivity index (χ3v) is 8.00. The molecule has 0 saturated carbocycles. The Balaban J connectivity index is 0.000000447. The first-order chi connectivity index (χ1) is 23.6. The van der Waals surface area contributed by atoms with Crippen LogP contribution >= 0.6 is 15.9 Å². The molecule has 2 aromatic carbocycles. The predicted molar refractivity (Wildman–Crippen MR) is 180 cm³/mol. The van der Waals surface area contributed by atoms with Gasteiger partial charge in [-0.3, -0.25) is 14.7 Å². The molecular formula is C32H34BrF6N9O4. The third kappa shape index (κ3) is 13.5. The van der Waals surface area contributed by atoms with E-state index in [2.05, 4.69) is 56.0 Å². The topological polar surface area (TPSA) is 192 Å². The van der Waals surface area contributed by atoms with Crippen LogP contribution in [0.3, 0.4) is 0 Å². The Kier molecular flexibility index (Phi) is 16.3. The van der Waals surface area contributed by atoms with Crippen LogP contribution in [0.15, 0.2) is 49.1 Å². The molecule has 0 fully saturated rings. The van der Waals surface area contributed by atoms with Crippen molar-refractivity contribution in [1.82, 2.24) is 30.4 Å². The molecule has 6 N–H and O–H groups in total. The molecule has 2 atom stereocenters. The molecule has 2 aromatic heterocycles. The lowest BCUT2D eigenvalue weighted by molar-refractivity contribution is -0.138. The number of H-pyrrole nitrogens is 2. The Morgan fingerprint density at radius 1 is 0.808 bits per heavy atom. The number of nitrogens with two attached hydrogens (primary N) is 1. The normalized spacial score (nSPS) is 13.2. The first-order valence-corrected chi connectivity index (χ1v) is 15.4. The van der Waals surface area contributed by atoms with Crippen molar-refractivity contribution in [2.45, 2.75) is 70.5 Å². The van der Waals surface area contributed by atoms with Gasteiger partial charge >= 0.3 is 12.4 Å². The van der Waals surface area contributed by atoms with Gasteiger partial charge in [0.25, 0.3) is 0 Å². The first-order valence-electron chi connectivity index (χ1n) is 14.3. The monoisotopic (exact) mass is 801 g/mol. The summed E-state index contributed by atoms with van der Waals surface area (Å²) in [6.45, 7) is 16.1. The molecule has 280 valence electrons. The lowest BCUT2D eigenvalue weighted by Gasteiger charge is -2.21. The van der Waals surface area contributed by atoms with E-state index in [4.69, 9.17) is 18.9 Å². The van der Waals surface area contributed by atoms with Crippen LogP contribution in [-0.4, -0.2) is 68.7 Å². The highest BCUT2D eigenvalue weighted by Gasteiger charge is 2.36. The van der Waals surface area contributed by atoms with Crippen molar-refractivity contribution in [3.63, 3.8) is 0 Å². The summed E-state index contributed by atoms with van der Waals surface area (Å²) >= 11 is 2.96. The number of carbonyl (C=O) groups excluding carboxylic acids is 2. The van der Waals surface area contributed by atoms with Gasteiger partial charge in [0.15, 0.2) is 22.9 Å². The van der Waals surface area contributed by atoms with E-state index in [1.807, 2.05) is 0 Å². The lowest BCUT2D eigenvalue weighted by atomic mass is 9.90. The van der Waals surface area contributed by atoms with E-state index in [1.165, 1.54) is 38.6 Å². The number of nitrogens with zero attached hydrogens (tertiary/aromatic N) is 6. The molecule has 0 aliphatic carbocycles. The number of halogens is 7. The molecule has 13 nitrogen and oxygen atoms in total. The zero-order chi connectivity index (χ0) is 38.6. The zero-order valence-corrected chi connectivity index (χ0v) is 28.4. The van der Waals surface area contributed by atoms with Crippen molar-refractivity contribution in [1.29, 1.82) is 0 Å². The van der Waals surface area contributed by atoms with Crippen LogP contribution in [0.2, 0.25) is 0 Å². The number of carbonyl (C=O) groups is 2. The fourth-order valence-corrected chi connectivity index (χ4v) is 4.24. The summed E-state index contributed by atoms with van der Waals surface area (Å²) in [5.41, 5.74) is -1.32. The van der Waals surface area contributed by atoms with Crippen LogP contribution < -0.4 is 5.73 Å². The number of anilines is 1. The molecule has 0 bridgehead atoms. The SMILES string of the molecule is C.Nc1ncn[nH]1.[C-]#[N+]c1ccc(CC(=O)[C@@](C)(O)CBr)cc1C(F)(F)F.[C-]#[N+]c1ccc(CC(=O)[C@@](C)(O)CCc2ncn[nH]2)cc1C(F)(F)F. The van der Waals surface area contributed by atoms with Gasteiger partial charge in [-0.2, -0.15) is 36.5 Å². The Morgan fingerprint density at radius 3 is 1.58 bits per heavy atom. The minimum Gasteiger partial charge on any atom is -0.382 e. The third-order valence-electron chi connectivity index (χ3n) is 6.91. The summed E-state index contributed by atoms with van der Waals surface area (Å²) in [6.07, 6.45) is -7.08. The second kappa shape index (κ2) is 18.9. The maximum absolute atomic E-state index is 13.0. The summed E-state index contributed by atoms with van der Waals surface area (Å²) in [4.78, 5) is 37.1. The van der Waals surface area contributed by atoms with Crippen LogP contribution in [0.5, 0.6) is 0 Å². The molecule has 0 radical (unpaired) electrons. The fraction of sp³-hybridized carbons (Fsp3) is 0.375. The molecule has 2 heterocycles. The molecule has 0 aliphatic rings. The van der Waals surface area contributed by atoms with E-state index < -0.39 is 57.6 Å². The number of aliphatic hydroxyl groups is 2. The van der Waals surface area contributed by atoms with Crippen LogP contribution in [-0.2, 0) is 41.2 Å². The second-order valence-electron chi connectivity index (χ2n) is 11.1. The second-order valence-corrected chi connectivity index (χ2v) is 11.7. The largest absolute Gasteiger partial charge is 0.407 e. The minimum atomic E-state index is -4.69. The van der Waals surface area contributed by atoms with E-state index in [-0.39, 0.29) is 49.6 Å². The molecule has 20 heteroatoms. The van der Waals surface area contributed by atoms with E-state index in [0.29, 0.717) is 11.8 Å². The summed E-state index contributed by atoms with van der Waals surface area (Å²) in [5, 5.41) is 32.1. The molecule has 0 saturated heterocycles. The number of nitrogens with one attached hydrogen (secondary N) is 2. The number of hydrogen-bond donors (Lipinski definition) is 5. The van der Waals surface area contributed by atoms with Crippen molar-refractivity contribution in [3.8, 4) is 0 Å². The standard InChI is InChI=1S/C16H15F3N4O2.C13H11BrF3NO2.C2H4N4.CH4/c1-15(25,6-5-14-21-9-22-23-14)13(24)8-10-3-4-12(20-2)11(7-10)16(17,18)19;1-12(20,7-14)11(19)6-8-3-4-10(18-2)9(5-8)13(15,16)17;3-2-4-1-5-6-2;/h3-4,7,9,25H,5-6,8H2,1H3,(H,21,22,23);3-5,20H,6-7H2,1H3;1H,(H3,3,4,5,6);1H4/t15-;12-;;/m00../s1. The molecule has 0 unspecified atom stereocenters. The highest BCUT2D eigenvalue weighted by atomic mass is 79.9. The Bertz CT molecular complexity index is 1850. The van der Waals surface area contributed by atoms with Crippen molar-refractivity contribution < 1.29 is 46.1 Å². The fourth-order valence-electron chi connectivity index (χ4n) is 3.93. The van der Waals surface area contributed by atoms with E-state index in [9.17, 15) is 46.1 Å². The number of aromatic nitrogens is 6. The first kappa shape index (κ1) is 44.8. The number of benzene rings is 2. The average molecular weight is 803 g/mol. The molecule has 52 heavy (non-hydrogen) atoms. The number of aryl methyl sites for hydroxylation is 1. The van der Waals surface area contributed by atoms with Crippen molar-refractivity contribution in [2.24, 2.45) is 0 Å². The van der Waals surface area contributed by atoms with Crippen molar-refractivity contribution >= 4 is 44.8 Å². The van der Waals surface area contributed by atoms with Crippen molar-refractivity contribution in [3.05, 3.63) is 100.0 Å². The van der Waals surface area contributed by atoms with Crippen LogP contribution in [0.4, 0.5) is 43.7 Å². The average Bonchev–Trinajstić information content (AvgIpc) is 3.78. The Morgan fingerprint density at radius 2 is 1.25 bits per heavy atom. The Hall–Kier alpha value is -5.18. The van der Waals surface area contributed by atoms with Gasteiger partial charge in [0.1, 0.15) is 29.7 Å². The molecule has 0 aliphatic heterocycles. The Labute approximate surface area is 302 Å². The van der Waals surface area contributed by atoms with Crippen LogP contribution in [0, 0.1) is 13.1 Å². The number of aromatic amines is 2. The van der Waals surface area contributed by atoms with Gasteiger partial charge in [-0.1, -0.05) is 59.8 Å². The number of Topliss-reactive ketones (excluding diaryl/α,β-unsaturated/α-hetero) is 2. The smallest absolute Gasteiger partial charge is 0.382 e. The van der Waals surface area contributed by atoms with Crippen LogP contribution in [0.25, 0.3) is 9.69 Å². The van der Waals surface area contributed by atoms with Gasteiger partial charge in [0, 0.05) is 24.6 Å². The van der Waals surface area contributed by atoms with Crippen LogP contribution in [0.1, 0.15) is 55.8 Å². The predicted octanol–water partition coefficient (Wildman–Crippen LogP) is 6.41. The summed E-state index contributed by atoms with van der Waals surface area (Å²) in [5.74, 6) is -0.363. The highest BCUT2D eigenvalue weighted by Crippen LogP contribution is 2.38. The molecule has 0 spiro atoms. The summed E-state index contributed by atoms with van der Waals surface area (Å²) in [7, 11) is 0. The van der Waals surface area contributed by atoms with Gasteiger partial charge < -0.3 is 15.9 Å². The quantitative estimate of drug-likeness (QED) is 0.0685. The van der Waals surface area contributed by atoms with Gasteiger partial charge in [-0.25, -0.2) is 24.8 Å². The molecular weight excluding hydrogens is 768 g/mol. The highest BCUT2D eigenvalue weighted by molar-refractivity contribution is 9.09. The molecule has 4 rings (SSSR count). The van der Waals surface area contributed by atoms with Gasteiger partial charge in [0.05, 0.1) is 24.3 Å². The summed E-state index contributed by atoms with van der Waals surface area (Å²) in [6, 6.07) is 6.17. The number of alkyl halides is 7. The van der Waals surface area contributed by atoms with E-state index in [0.717, 1.165) is 24.3 Å². The maximum atomic E-state index is 13.0. The molecule has 4 aromatic rings. The minimum absolute atomic E-state index is 0. The zero-order valence-electron chi connectivity index (χ0n) is 26.8. The van der Waals surface area contributed by atoms with Gasteiger partial charge in [0.2, 0.25) is 5.95 Å². The number of ketones is 2.